The van der Waals surface area contributed by atoms with Crippen LogP contribution in [0.25, 0.3) is 6.08 Å². The highest BCUT2D eigenvalue weighted by Gasteiger charge is 2.27. The molecule has 6 heteroatoms. The minimum atomic E-state index is -0.264. The minimum absolute atomic E-state index is 0.0597. The Morgan fingerprint density at radius 2 is 2.19 bits per heavy atom. The second-order valence-corrected chi connectivity index (χ2v) is 7.00. The Morgan fingerprint density at radius 3 is 2.96 bits per heavy atom. The maximum absolute atomic E-state index is 12.4. The van der Waals surface area contributed by atoms with Crippen molar-refractivity contribution in [2.75, 3.05) is 26.4 Å². The molecule has 2 aliphatic rings. The molecule has 27 heavy (non-hydrogen) atoms. The number of amides is 2. The van der Waals surface area contributed by atoms with Crippen LogP contribution >= 0.6 is 0 Å². The van der Waals surface area contributed by atoms with Crippen molar-refractivity contribution >= 4 is 17.9 Å². The summed E-state index contributed by atoms with van der Waals surface area (Å²) in [5, 5.41) is 2.94. The van der Waals surface area contributed by atoms with Gasteiger partial charge in [-0.15, -0.1) is 0 Å². The first kappa shape index (κ1) is 19.6. The molecular weight excluding hydrogens is 344 g/mol. The van der Waals surface area contributed by atoms with Gasteiger partial charge in [0.1, 0.15) is 0 Å². The van der Waals surface area contributed by atoms with Crippen LogP contribution < -0.4 is 5.32 Å². The molecule has 0 bridgehead atoms. The Balaban J connectivity index is 1.43. The highest BCUT2D eigenvalue weighted by atomic mass is 16.5. The molecule has 2 aliphatic heterocycles. The average molecular weight is 372 g/mol. The van der Waals surface area contributed by atoms with Crippen LogP contribution in [0.3, 0.4) is 0 Å². The van der Waals surface area contributed by atoms with E-state index in [1.165, 1.54) is 6.92 Å². The molecule has 2 heterocycles. The minimum Gasteiger partial charge on any atom is -0.379 e. The highest BCUT2D eigenvalue weighted by Crippen LogP contribution is 2.32. The molecule has 1 fully saturated rings. The van der Waals surface area contributed by atoms with Crippen LogP contribution in [0.5, 0.6) is 0 Å². The normalized spacial score (nSPS) is 21.1. The smallest absolute Gasteiger partial charge is 0.223 e. The number of benzene rings is 1. The molecule has 2 unspecified atom stereocenters. The number of carbonyl (C=O) groups is 2. The Labute approximate surface area is 160 Å². The fraction of sp³-hybridized carbons (Fsp3) is 0.524. The molecule has 1 aromatic carbocycles. The van der Waals surface area contributed by atoms with Crippen molar-refractivity contribution in [1.82, 2.24) is 10.2 Å². The Kier molecular flexibility index (Phi) is 7.01. The van der Waals surface area contributed by atoms with Gasteiger partial charge in [0.2, 0.25) is 11.8 Å². The summed E-state index contributed by atoms with van der Waals surface area (Å²) in [5.74, 6) is -0.128. The maximum atomic E-state index is 12.4. The van der Waals surface area contributed by atoms with Gasteiger partial charge in [-0.2, -0.15) is 0 Å². The van der Waals surface area contributed by atoms with Crippen molar-refractivity contribution < 1.29 is 19.1 Å². The molecule has 3 rings (SSSR count). The second-order valence-electron chi connectivity index (χ2n) is 7.00. The number of hydrogen-bond acceptors (Lipinski definition) is 4. The molecule has 1 N–H and O–H groups in total. The molecule has 2 atom stereocenters. The fourth-order valence-corrected chi connectivity index (χ4v) is 3.55. The summed E-state index contributed by atoms with van der Waals surface area (Å²) in [6.45, 7) is 4.16. The number of ether oxygens (including phenoxy) is 2. The van der Waals surface area contributed by atoms with Crippen molar-refractivity contribution in [2.45, 2.75) is 44.8 Å². The van der Waals surface area contributed by atoms with Gasteiger partial charge in [-0.05, 0) is 36.5 Å². The lowest BCUT2D eigenvalue weighted by molar-refractivity contribution is -0.129. The van der Waals surface area contributed by atoms with Crippen LogP contribution in [0.15, 0.2) is 30.5 Å². The van der Waals surface area contributed by atoms with Crippen LogP contribution in [0.2, 0.25) is 0 Å². The molecule has 0 radical (unpaired) electrons. The zero-order valence-corrected chi connectivity index (χ0v) is 15.9. The van der Waals surface area contributed by atoms with Gasteiger partial charge in [-0.25, -0.2) is 0 Å². The lowest BCUT2D eigenvalue weighted by Gasteiger charge is -2.32. The first-order valence-electron chi connectivity index (χ1n) is 9.67. The fourth-order valence-electron chi connectivity index (χ4n) is 3.55. The van der Waals surface area contributed by atoms with Crippen LogP contribution in [0, 0.1) is 0 Å². The monoisotopic (exact) mass is 372 g/mol. The third-order valence-electron chi connectivity index (χ3n) is 4.96. The van der Waals surface area contributed by atoms with Gasteiger partial charge in [-0.3, -0.25) is 9.59 Å². The summed E-state index contributed by atoms with van der Waals surface area (Å²) in [4.78, 5) is 26.0. The number of fused-ring (bicyclic) bond motifs is 1. The van der Waals surface area contributed by atoms with E-state index in [1.54, 1.807) is 11.1 Å². The van der Waals surface area contributed by atoms with E-state index >= 15 is 0 Å². The predicted octanol–water partition coefficient (Wildman–Crippen LogP) is 2.65. The Morgan fingerprint density at radius 1 is 1.33 bits per heavy atom. The van der Waals surface area contributed by atoms with Gasteiger partial charge in [0.25, 0.3) is 0 Å². The molecule has 2 amide bonds. The quantitative estimate of drug-likeness (QED) is 0.713. The van der Waals surface area contributed by atoms with E-state index in [0.717, 1.165) is 37.0 Å². The summed E-state index contributed by atoms with van der Waals surface area (Å²) >= 11 is 0. The molecule has 146 valence electrons. The number of nitrogens with zero attached hydrogens (tertiary/aromatic N) is 1. The van der Waals surface area contributed by atoms with E-state index in [4.69, 9.17) is 9.47 Å². The van der Waals surface area contributed by atoms with E-state index in [2.05, 4.69) is 5.32 Å². The van der Waals surface area contributed by atoms with Crippen molar-refractivity contribution in [3.05, 3.63) is 41.6 Å². The van der Waals surface area contributed by atoms with Gasteiger partial charge < -0.3 is 19.7 Å². The molecular formula is C21H28N2O4. The van der Waals surface area contributed by atoms with Gasteiger partial charge in [0.15, 0.2) is 0 Å². The Bertz CT molecular complexity index is 683. The summed E-state index contributed by atoms with van der Waals surface area (Å²) in [6.07, 6.45) is 7.10. The van der Waals surface area contributed by atoms with Gasteiger partial charge in [0.05, 0.1) is 25.2 Å². The summed E-state index contributed by atoms with van der Waals surface area (Å²) in [5.41, 5.74) is 2.06. The number of nitrogens with one attached hydrogen (secondary N) is 1. The van der Waals surface area contributed by atoms with Crippen molar-refractivity contribution in [3.8, 4) is 0 Å². The molecule has 1 saturated heterocycles. The van der Waals surface area contributed by atoms with E-state index in [-0.39, 0.29) is 30.4 Å². The lowest BCUT2D eigenvalue weighted by atomic mass is 9.93. The molecule has 0 spiro atoms. The average Bonchev–Trinajstić information content (AvgIpc) is 3.18. The van der Waals surface area contributed by atoms with Crippen molar-refractivity contribution in [2.24, 2.45) is 0 Å². The van der Waals surface area contributed by atoms with E-state index in [9.17, 15) is 9.59 Å². The van der Waals surface area contributed by atoms with Crippen LogP contribution in [0.1, 0.15) is 49.8 Å². The topological polar surface area (TPSA) is 67.9 Å². The first-order chi connectivity index (χ1) is 13.1. The third-order valence-corrected chi connectivity index (χ3v) is 4.96. The van der Waals surface area contributed by atoms with Crippen LogP contribution in [-0.4, -0.2) is 49.2 Å². The van der Waals surface area contributed by atoms with E-state index in [1.807, 2.05) is 30.3 Å². The number of rotatable bonds is 8. The van der Waals surface area contributed by atoms with Crippen LogP contribution in [-0.2, 0) is 19.1 Å². The largest absolute Gasteiger partial charge is 0.379 e. The maximum Gasteiger partial charge on any atom is 0.223 e. The standard InChI is InChI=1S/C21H28N2O4/c1-16(24)23-11-9-17-6-2-3-8-19(17)20(23)14-21(25)22-10-5-12-26-15-18-7-4-13-27-18/h2-3,6,8-9,11,18,20H,4-5,7,10,12-15H2,1H3,(H,22,25). The van der Waals surface area contributed by atoms with Gasteiger partial charge >= 0.3 is 0 Å². The number of carbonyl (C=O) groups excluding carboxylic acids is 2. The SMILES string of the molecule is CC(=O)N1C=Cc2ccccc2C1CC(=O)NCCCOCC1CCCO1. The first-order valence-corrected chi connectivity index (χ1v) is 9.67. The van der Waals surface area contributed by atoms with Gasteiger partial charge in [0, 0.05) is 32.9 Å². The predicted molar refractivity (Wildman–Crippen MR) is 103 cm³/mol. The molecule has 0 saturated carbocycles. The summed E-state index contributed by atoms with van der Waals surface area (Å²) in [7, 11) is 0. The second kappa shape index (κ2) is 9.67. The zero-order valence-electron chi connectivity index (χ0n) is 15.9. The molecule has 0 aromatic heterocycles. The molecule has 0 aliphatic carbocycles. The van der Waals surface area contributed by atoms with Crippen molar-refractivity contribution in [3.63, 3.8) is 0 Å². The third kappa shape index (κ3) is 5.40. The lowest BCUT2D eigenvalue weighted by Crippen LogP contribution is -2.35. The van der Waals surface area contributed by atoms with Gasteiger partial charge in [-0.1, -0.05) is 24.3 Å². The zero-order chi connectivity index (χ0) is 19.1. The van der Waals surface area contributed by atoms with Crippen LogP contribution in [0.4, 0.5) is 0 Å². The van der Waals surface area contributed by atoms with Crippen molar-refractivity contribution in [1.29, 1.82) is 0 Å². The Hall–Kier alpha value is -2.18. The molecule has 1 aromatic rings. The van der Waals surface area contributed by atoms with E-state index in [0.29, 0.717) is 19.8 Å². The summed E-state index contributed by atoms with van der Waals surface area (Å²) < 4.78 is 11.1. The molecule has 6 nitrogen and oxygen atoms in total. The number of hydrogen-bond donors (Lipinski definition) is 1. The highest BCUT2D eigenvalue weighted by molar-refractivity contribution is 5.81. The van der Waals surface area contributed by atoms with E-state index < -0.39 is 0 Å². The summed E-state index contributed by atoms with van der Waals surface area (Å²) in [6, 6.07) is 7.61.